The van der Waals surface area contributed by atoms with Gasteiger partial charge in [0.25, 0.3) is 0 Å². The molecule has 0 aliphatic heterocycles. The standard InChI is InChI=1S/C11H17F2N3O2/c1-10(2,3)18-8(17)6-7(15-16-14-6)11(4,5)9(12)13/h9H,1-5H3,(H,14,15,16). The van der Waals surface area contributed by atoms with Crippen molar-refractivity contribution >= 4 is 5.97 Å². The minimum atomic E-state index is -2.66. The Morgan fingerprint density at radius 2 is 1.78 bits per heavy atom. The monoisotopic (exact) mass is 261 g/mol. The molecule has 5 nitrogen and oxygen atoms in total. The lowest BCUT2D eigenvalue weighted by molar-refractivity contribution is 0.00550. The zero-order valence-corrected chi connectivity index (χ0v) is 11.0. The van der Waals surface area contributed by atoms with Gasteiger partial charge in [-0.15, -0.1) is 5.10 Å². The van der Waals surface area contributed by atoms with Crippen LogP contribution in [0.5, 0.6) is 0 Å². The molecule has 1 aromatic heterocycles. The van der Waals surface area contributed by atoms with Crippen LogP contribution in [0.1, 0.15) is 50.8 Å². The van der Waals surface area contributed by atoms with Crippen LogP contribution in [0.25, 0.3) is 0 Å². The van der Waals surface area contributed by atoms with E-state index in [1.165, 1.54) is 13.8 Å². The highest BCUT2D eigenvalue weighted by atomic mass is 19.3. The van der Waals surface area contributed by atoms with Crippen LogP contribution < -0.4 is 0 Å². The number of ether oxygens (including phenoxy) is 1. The predicted octanol–water partition coefficient (Wildman–Crippen LogP) is 2.30. The fourth-order valence-electron chi connectivity index (χ4n) is 1.25. The zero-order valence-electron chi connectivity index (χ0n) is 11.0. The van der Waals surface area contributed by atoms with E-state index in [2.05, 4.69) is 15.4 Å². The molecule has 7 heteroatoms. The second-order valence-electron chi connectivity index (χ2n) is 5.55. The van der Waals surface area contributed by atoms with Gasteiger partial charge in [-0.2, -0.15) is 10.3 Å². The summed E-state index contributed by atoms with van der Waals surface area (Å²) in [5.41, 5.74) is -2.58. The van der Waals surface area contributed by atoms with Crippen LogP contribution in [0.3, 0.4) is 0 Å². The normalized spacial score (nSPS) is 12.9. The minimum Gasteiger partial charge on any atom is -0.455 e. The van der Waals surface area contributed by atoms with Crippen molar-refractivity contribution in [3.63, 3.8) is 0 Å². The average Bonchev–Trinajstić information content (AvgIpc) is 2.62. The quantitative estimate of drug-likeness (QED) is 0.848. The van der Waals surface area contributed by atoms with Gasteiger partial charge in [-0.3, -0.25) is 0 Å². The Morgan fingerprint density at radius 3 is 2.22 bits per heavy atom. The van der Waals surface area contributed by atoms with E-state index in [1.54, 1.807) is 20.8 Å². The summed E-state index contributed by atoms with van der Waals surface area (Å²) in [6.45, 7) is 7.64. The summed E-state index contributed by atoms with van der Waals surface area (Å²) in [7, 11) is 0. The van der Waals surface area contributed by atoms with E-state index in [0.29, 0.717) is 0 Å². The highest BCUT2D eigenvalue weighted by Gasteiger charge is 2.39. The molecule has 0 saturated carbocycles. The van der Waals surface area contributed by atoms with Crippen LogP contribution in [0, 0.1) is 0 Å². The summed E-state index contributed by atoms with van der Waals surface area (Å²) in [5, 5.41) is 9.44. The largest absolute Gasteiger partial charge is 0.455 e. The van der Waals surface area contributed by atoms with E-state index in [-0.39, 0.29) is 11.4 Å². The van der Waals surface area contributed by atoms with Gasteiger partial charge >= 0.3 is 5.97 Å². The first-order valence-electron chi connectivity index (χ1n) is 5.48. The number of halogens is 2. The molecule has 1 heterocycles. The summed E-state index contributed by atoms with van der Waals surface area (Å²) in [5.74, 6) is -0.764. The van der Waals surface area contributed by atoms with Gasteiger partial charge in [0.15, 0.2) is 5.69 Å². The fraction of sp³-hybridized carbons (Fsp3) is 0.727. The Hall–Kier alpha value is -1.53. The molecule has 0 saturated heterocycles. The number of carbonyl (C=O) groups excluding carboxylic acids is 1. The van der Waals surface area contributed by atoms with E-state index in [4.69, 9.17) is 4.74 Å². The maximum absolute atomic E-state index is 12.9. The number of esters is 1. The molecule has 1 rings (SSSR count). The maximum atomic E-state index is 12.9. The highest BCUT2D eigenvalue weighted by Crippen LogP contribution is 2.30. The Kier molecular flexibility index (Phi) is 3.73. The number of aromatic nitrogens is 3. The van der Waals surface area contributed by atoms with Crippen LogP contribution in [0.4, 0.5) is 8.78 Å². The van der Waals surface area contributed by atoms with Crippen molar-refractivity contribution < 1.29 is 18.3 Å². The van der Waals surface area contributed by atoms with Gasteiger partial charge in [0.2, 0.25) is 6.43 Å². The van der Waals surface area contributed by atoms with Gasteiger partial charge in [-0.05, 0) is 34.6 Å². The van der Waals surface area contributed by atoms with Crippen LogP contribution >= 0.6 is 0 Å². The first-order valence-corrected chi connectivity index (χ1v) is 5.48. The number of rotatable bonds is 3. The Bertz CT molecular complexity index is 436. The Morgan fingerprint density at radius 1 is 1.22 bits per heavy atom. The van der Waals surface area contributed by atoms with Crippen molar-refractivity contribution in [2.24, 2.45) is 0 Å². The van der Waals surface area contributed by atoms with E-state index in [1.807, 2.05) is 0 Å². The summed E-state index contributed by atoms with van der Waals surface area (Å²) in [6.07, 6.45) is -2.66. The van der Waals surface area contributed by atoms with E-state index < -0.39 is 23.4 Å². The van der Waals surface area contributed by atoms with Gasteiger partial charge in [-0.1, -0.05) is 0 Å². The first kappa shape index (κ1) is 14.5. The molecule has 0 atom stereocenters. The lowest BCUT2D eigenvalue weighted by Crippen LogP contribution is -2.31. The molecule has 102 valence electrons. The molecule has 0 unspecified atom stereocenters. The molecule has 0 aliphatic carbocycles. The minimum absolute atomic E-state index is 0.0910. The summed E-state index contributed by atoms with van der Waals surface area (Å²) >= 11 is 0. The Balaban J connectivity index is 3.07. The van der Waals surface area contributed by atoms with Gasteiger partial charge < -0.3 is 4.74 Å². The van der Waals surface area contributed by atoms with E-state index in [9.17, 15) is 13.6 Å². The van der Waals surface area contributed by atoms with Crippen LogP contribution in [-0.2, 0) is 10.2 Å². The van der Waals surface area contributed by atoms with E-state index >= 15 is 0 Å². The van der Waals surface area contributed by atoms with Crippen LogP contribution in [-0.4, -0.2) is 33.4 Å². The number of aromatic amines is 1. The fourth-order valence-corrected chi connectivity index (χ4v) is 1.25. The molecule has 0 spiro atoms. The van der Waals surface area contributed by atoms with Crippen molar-refractivity contribution in [3.8, 4) is 0 Å². The maximum Gasteiger partial charge on any atom is 0.361 e. The molecule has 1 N–H and O–H groups in total. The first-order chi connectivity index (χ1) is 8.05. The van der Waals surface area contributed by atoms with Crippen LogP contribution in [0.2, 0.25) is 0 Å². The van der Waals surface area contributed by atoms with Crippen molar-refractivity contribution in [2.75, 3.05) is 0 Å². The number of nitrogens with zero attached hydrogens (tertiary/aromatic N) is 2. The summed E-state index contributed by atoms with van der Waals surface area (Å²) < 4.78 is 30.9. The van der Waals surface area contributed by atoms with Crippen molar-refractivity contribution in [1.82, 2.24) is 15.4 Å². The molecular formula is C11H17F2N3O2. The van der Waals surface area contributed by atoms with Crippen LogP contribution in [0.15, 0.2) is 0 Å². The third-order valence-electron chi connectivity index (χ3n) is 2.30. The van der Waals surface area contributed by atoms with Gasteiger partial charge in [-0.25, -0.2) is 13.6 Å². The molecule has 1 aromatic rings. The number of hydrogen-bond acceptors (Lipinski definition) is 4. The van der Waals surface area contributed by atoms with E-state index in [0.717, 1.165) is 0 Å². The molecule has 0 bridgehead atoms. The second kappa shape index (κ2) is 4.62. The third-order valence-corrected chi connectivity index (χ3v) is 2.30. The lowest BCUT2D eigenvalue weighted by Gasteiger charge is -2.23. The van der Waals surface area contributed by atoms with Gasteiger partial charge in [0.1, 0.15) is 11.3 Å². The third kappa shape index (κ3) is 3.02. The number of alkyl halides is 2. The Labute approximate surface area is 104 Å². The predicted molar refractivity (Wildman–Crippen MR) is 60.6 cm³/mol. The number of carbonyl (C=O) groups is 1. The molecule has 0 amide bonds. The molecule has 18 heavy (non-hydrogen) atoms. The SMILES string of the molecule is CC(C)(C)OC(=O)c1n[nH]nc1C(C)(C)C(F)F. The molecule has 0 aromatic carbocycles. The van der Waals surface area contributed by atoms with Crippen molar-refractivity contribution in [3.05, 3.63) is 11.4 Å². The highest BCUT2D eigenvalue weighted by molar-refractivity contribution is 5.89. The second-order valence-corrected chi connectivity index (χ2v) is 5.55. The van der Waals surface area contributed by atoms with Crippen molar-refractivity contribution in [2.45, 2.75) is 52.1 Å². The number of H-pyrrole nitrogens is 1. The van der Waals surface area contributed by atoms with Crippen molar-refractivity contribution in [1.29, 1.82) is 0 Å². The topological polar surface area (TPSA) is 67.9 Å². The molecule has 0 radical (unpaired) electrons. The number of hydrogen-bond donors (Lipinski definition) is 1. The summed E-state index contributed by atoms with van der Waals surface area (Å²) in [4.78, 5) is 11.8. The molecular weight excluding hydrogens is 244 g/mol. The zero-order chi connectivity index (χ0) is 14.1. The van der Waals surface area contributed by atoms with Gasteiger partial charge in [0, 0.05) is 0 Å². The molecule has 0 fully saturated rings. The molecule has 0 aliphatic rings. The smallest absolute Gasteiger partial charge is 0.361 e. The summed E-state index contributed by atoms with van der Waals surface area (Å²) in [6, 6.07) is 0. The number of nitrogens with one attached hydrogen (secondary N) is 1. The average molecular weight is 261 g/mol. The van der Waals surface area contributed by atoms with Gasteiger partial charge in [0.05, 0.1) is 5.41 Å². The lowest BCUT2D eigenvalue weighted by atomic mass is 9.88.